The number of anilines is 2. The third-order valence-corrected chi connectivity index (χ3v) is 2.59. The zero-order valence-electron chi connectivity index (χ0n) is 10.9. The van der Waals surface area contributed by atoms with Gasteiger partial charge in [-0.05, 0) is 18.1 Å². The van der Waals surface area contributed by atoms with Crippen LogP contribution in [0.4, 0.5) is 24.9 Å². The maximum absolute atomic E-state index is 12.7. The minimum atomic E-state index is -4.56. The molecule has 0 aliphatic carbocycles. The number of halogens is 3. The number of nitrogens with zero attached hydrogens (tertiary/aromatic N) is 3. The molecule has 4 N–H and O–H groups in total. The second-order valence-electron chi connectivity index (χ2n) is 4.14. The van der Waals surface area contributed by atoms with Crippen molar-refractivity contribution in [1.82, 2.24) is 15.0 Å². The van der Waals surface area contributed by atoms with Gasteiger partial charge in [0.05, 0.1) is 0 Å². The van der Waals surface area contributed by atoms with Gasteiger partial charge in [0.2, 0.25) is 5.95 Å². The summed E-state index contributed by atoms with van der Waals surface area (Å²) in [7, 11) is 0. The smallest absolute Gasteiger partial charge is 0.370 e. The van der Waals surface area contributed by atoms with E-state index in [-0.39, 0.29) is 11.8 Å². The Kier molecular flexibility index (Phi) is 4.53. The molecule has 21 heavy (non-hydrogen) atoms. The molecule has 0 bridgehead atoms. The highest BCUT2D eigenvalue weighted by molar-refractivity contribution is 5.42. The van der Waals surface area contributed by atoms with Crippen LogP contribution in [0.1, 0.15) is 11.3 Å². The number of aromatic nitrogens is 3. The molecule has 0 spiro atoms. The standard InChI is InChI=1S/C12H13F3N6/c13-12(14,15)9-6-10(20-11(19-9)21-16)18-5-3-8-2-1-4-17-7-8/h1-2,4,6-7H,3,5,16H2,(H2,18,19,20,21). The van der Waals surface area contributed by atoms with Crippen molar-refractivity contribution in [2.75, 3.05) is 17.3 Å². The minimum Gasteiger partial charge on any atom is -0.370 e. The molecule has 2 aromatic heterocycles. The highest BCUT2D eigenvalue weighted by Crippen LogP contribution is 2.29. The molecule has 0 saturated heterocycles. The van der Waals surface area contributed by atoms with Gasteiger partial charge in [-0.3, -0.25) is 10.4 Å². The number of nitrogens with two attached hydrogens (primary N) is 1. The van der Waals surface area contributed by atoms with Crippen LogP contribution >= 0.6 is 0 Å². The minimum absolute atomic E-state index is 0.0502. The first kappa shape index (κ1) is 15.0. The van der Waals surface area contributed by atoms with Crippen LogP contribution in [-0.2, 0) is 12.6 Å². The predicted molar refractivity (Wildman–Crippen MR) is 71.3 cm³/mol. The number of nitrogens with one attached hydrogen (secondary N) is 2. The second-order valence-corrected chi connectivity index (χ2v) is 4.14. The Labute approximate surface area is 118 Å². The Morgan fingerprint density at radius 1 is 1.24 bits per heavy atom. The zero-order valence-corrected chi connectivity index (χ0v) is 10.9. The van der Waals surface area contributed by atoms with E-state index in [1.54, 1.807) is 18.5 Å². The molecule has 0 aliphatic heterocycles. The molecular weight excluding hydrogens is 285 g/mol. The number of alkyl halides is 3. The van der Waals surface area contributed by atoms with E-state index in [2.05, 4.69) is 20.3 Å². The second kappa shape index (κ2) is 6.35. The summed E-state index contributed by atoms with van der Waals surface area (Å²) in [6.45, 7) is 0.407. The Balaban J connectivity index is 2.05. The molecule has 0 amide bonds. The summed E-state index contributed by atoms with van der Waals surface area (Å²) in [5.41, 5.74) is 1.92. The number of hydrogen-bond donors (Lipinski definition) is 3. The van der Waals surface area contributed by atoms with Gasteiger partial charge in [-0.1, -0.05) is 6.07 Å². The predicted octanol–water partition coefficient (Wildman–Crippen LogP) is 1.83. The normalized spacial score (nSPS) is 11.2. The van der Waals surface area contributed by atoms with Gasteiger partial charge in [0.1, 0.15) is 5.82 Å². The van der Waals surface area contributed by atoms with E-state index in [0.717, 1.165) is 11.6 Å². The van der Waals surface area contributed by atoms with Crippen LogP contribution in [-0.4, -0.2) is 21.5 Å². The monoisotopic (exact) mass is 298 g/mol. The molecule has 0 aliphatic rings. The summed E-state index contributed by atoms with van der Waals surface area (Å²) in [6.07, 6.45) is -0.620. The first-order valence-electron chi connectivity index (χ1n) is 6.04. The molecule has 0 unspecified atom stereocenters. The molecule has 2 aromatic rings. The summed E-state index contributed by atoms with van der Waals surface area (Å²) in [5, 5.41) is 2.81. The van der Waals surface area contributed by atoms with Crippen molar-refractivity contribution in [3.05, 3.63) is 41.9 Å². The van der Waals surface area contributed by atoms with Gasteiger partial charge in [-0.2, -0.15) is 18.2 Å². The molecule has 0 saturated carbocycles. The van der Waals surface area contributed by atoms with Gasteiger partial charge in [-0.25, -0.2) is 10.8 Å². The van der Waals surface area contributed by atoms with Crippen LogP contribution < -0.4 is 16.6 Å². The lowest BCUT2D eigenvalue weighted by atomic mass is 10.2. The largest absolute Gasteiger partial charge is 0.433 e. The zero-order chi connectivity index (χ0) is 15.3. The fourth-order valence-corrected chi connectivity index (χ4v) is 1.63. The van der Waals surface area contributed by atoms with E-state index >= 15 is 0 Å². The van der Waals surface area contributed by atoms with E-state index in [4.69, 9.17) is 5.84 Å². The van der Waals surface area contributed by atoms with Crippen LogP contribution in [0.2, 0.25) is 0 Å². The van der Waals surface area contributed by atoms with E-state index in [9.17, 15) is 13.2 Å². The van der Waals surface area contributed by atoms with Gasteiger partial charge in [0.15, 0.2) is 5.69 Å². The molecule has 2 rings (SSSR count). The van der Waals surface area contributed by atoms with Crippen molar-refractivity contribution in [2.24, 2.45) is 5.84 Å². The van der Waals surface area contributed by atoms with Gasteiger partial charge < -0.3 is 5.32 Å². The first-order chi connectivity index (χ1) is 9.99. The van der Waals surface area contributed by atoms with Gasteiger partial charge in [0.25, 0.3) is 0 Å². The van der Waals surface area contributed by atoms with Crippen molar-refractivity contribution in [1.29, 1.82) is 0 Å². The van der Waals surface area contributed by atoms with Crippen molar-refractivity contribution < 1.29 is 13.2 Å². The number of rotatable bonds is 5. The van der Waals surface area contributed by atoms with Crippen molar-refractivity contribution in [3.8, 4) is 0 Å². The summed E-state index contributed by atoms with van der Waals surface area (Å²) >= 11 is 0. The lowest BCUT2D eigenvalue weighted by Crippen LogP contribution is -2.17. The quantitative estimate of drug-likeness (QED) is 0.576. The fraction of sp³-hybridized carbons (Fsp3) is 0.250. The van der Waals surface area contributed by atoms with Crippen molar-refractivity contribution in [3.63, 3.8) is 0 Å². The number of pyridine rings is 1. The number of hydrogen-bond acceptors (Lipinski definition) is 6. The third kappa shape index (κ3) is 4.28. The van der Waals surface area contributed by atoms with Crippen molar-refractivity contribution in [2.45, 2.75) is 12.6 Å². The lowest BCUT2D eigenvalue weighted by Gasteiger charge is -2.11. The summed E-state index contributed by atoms with van der Waals surface area (Å²) in [5.74, 6) is 4.82. The topological polar surface area (TPSA) is 88.8 Å². The van der Waals surface area contributed by atoms with Crippen LogP contribution in [0.3, 0.4) is 0 Å². The highest BCUT2D eigenvalue weighted by atomic mass is 19.4. The molecule has 6 nitrogen and oxygen atoms in total. The third-order valence-electron chi connectivity index (χ3n) is 2.59. The van der Waals surface area contributed by atoms with Crippen LogP contribution in [0.25, 0.3) is 0 Å². The fourth-order valence-electron chi connectivity index (χ4n) is 1.63. The van der Waals surface area contributed by atoms with E-state index in [1.807, 2.05) is 11.5 Å². The molecule has 0 atom stereocenters. The Hall–Kier alpha value is -2.42. The number of hydrazine groups is 1. The molecule has 9 heteroatoms. The molecule has 0 aromatic carbocycles. The summed E-state index contributed by atoms with van der Waals surface area (Å²) in [6, 6.07) is 4.50. The van der Waals surface area contributed by atoms with Gasteiger partial charge in [0, 0.05) is 25.0 Å². The van der Waals surface area contributed by atoms with Gasteiger partial charge >= 0.3 is 6.18 Å². The summed E-state index contributed by atoms with van der Waals surface area (Å²) < 4.78 is 38.0. The van der Waals surface area contributed by atoms with Crippen LogP contribution in [0.15, 0.2) is 30.6 Å². The Bertz CT molecular complexity index is 587. The molecule has 0 radical (unpaired) electrons. The molecule has 2 heterocycles. The van der Waals surface area contributed by atoms with E-state index in [0.29, 0.717) is 13.0 Å². The highest BCUT2D eigenvalue weighted by Gasteiger charge is 2.33. The Morgan fingerprint density at radius 2 is 2.05 bits per heavy atom. The van der Waals surface area contributed by atoms with Crippen LogP contribution in [0.5, 0.6) is 0 Å². The SMILES string of the molecule is NNc1nc(NCCc2cccnc2)cc(C(F)(F)F)n1. The average molecular weight is 298 g/mol. The first-order valence-corrected chi connectivity index (χ1v) is 6.04. The van der Waals surface area contributed by atoms with E-state index < -0.39 is 11.9 Å². The maximum Gasteiger partial charge on any atom is 0.433 e. The molecule has 112 valence electrons. The Morgan fingerprint density at radius 3 is 2.67 bits per heavy atom. The average Bonchev–Trinajstić information content (AvgIpc) is 2.47. The maximum atomic E-state index is 12.7. The van der Waals surface area contributed by atoms with Gasteiger partial charge in [-0.15, -0.1) is 0 Å². The molecule has 0 fully saturated rings. The van der Waals surface area contributed by atoms with E-state index in [1.165, 1.54) is 0 Å². The summed E-state index contributed by atoms with van der Waals surface area (Å²) in [4.78, 5) is 11.0. The van der Waals surface area contributed by atoms with Crippen LogP contribution in [0, 0.1) is 0 Å². The number of nitrogen functional groups attached to an aromatic ring is 1. The lowest BCUT2D eigenvalue weighted by molar-refractivity contribution is -0.141. The molecular formula is C12H13F3N6. The van der Waals surface area contributed by atoms with Crippen molar-refractivity contribution >= 4 is 11.8 Å².